The monoisotopic (exact) mass is 297 g/mol. The largest absolute Gasteiger partial charge is 0.344 e. The molecule has 0 fully saturated rings. The van der Waals surface area contributed by atoms with Crippen molar-refractivity contribution in [3.63, 3.8) is 0 Å². The van der Waals surface area contributed by atoms with E-state index in [-0.39, 0.29) is 0 Å². The number of unbranched alkanes of at least 4 members (excludes halogenated alkanes) is 1. The number of hydrogen-bond donors (Lipinski definition) is 2. The molecule has 2 aromatic rings. The van der Waals surface area contributed by atoms with Crippen molar-refractivity contribution in [2.45, 2.75) is 46.2 Å². The number of aromatic nitrogens is 2. The molecular formula is C14H20ClN3S. The van der Waals surface area contributed by atoms with Gasteiger partial charge in [0.1, 0.15) is 5.82 Å². The third-order valence-corrected chi connectivity index (χ3v) is 4.25. The van der Waals surface area contributed by atoms with E-state index < -0.39 is 0 Å². The Bertz CT molecular complexity index is 518. The van der Waals surface area contributed by atoms with Crippen molar-refractivity contribution in [2.24, 2.45) is 0 Å². The van der Waals surface area contributed by atoms with Gasteiger partial charge in [-0.3, -0.25) is 0 Å². The molecule has 0 aromatic carbocycles. The van der Waals surface area contributed by atoms with Crippen LogP contribution in [0.3, 0.4) is 0 Å². The van der Waals surface area contributed by atoms with E-state index >= 15 is 0 Å². The van der Waals surface area contributed by atoms with Crippen molar-refractivity contribution in [3.8, 4) is 0 Å². The molecule has 0 radical (unpaired) electrons. The second-order valence-corrected chi connectivity index (χ2v) is 6.40. The average molecular weight is 298 g/mol. The molecule has 104 valence electrons. The quantitative estimate of drug-likeness (QED) is 0.809. The van der Waals surface area contributed by atoms with Crippen LogP contribution in [-0.2, 0) is 19.5 Å². The minimum atomic E-state index is 0.598. The third kappa shape index (κ3) is 4.34. The predicted molar refractivity (Wildman–Crippen MR) is 81.8 cm³/mol. The van der Waals surface area contributed by atoms with Crippen molar-refractivity contribution in [2.75, 3.05) is 0 Å². The van der Waals surface area contributed by atoms with Crippen LogP contribution in [0.25, 0.3) is 0 Å². The first-order valence-electron chi connectivity index (χ1n) is 6.68. The van der Waals surface area contributed by atoms with Crippen LogP contribution in [0.5, 0.6) is 0 Å². The van der Waals surface area contributed by atoms with Crippen LogP contribution in [0.2, 0.25) is 5.15 Å². The molecule has 0 spiro atoms. The van der Waals surface area contributed by atoms with Crippen LogP contribution >= 0.6 is 22.9 Å². The summed E-state index contributed by atoms with van der Waals surface area (Å²) < 4.78 is 0. The topological polar surface area (TPSA) is 40.7 Å². The van der Waals surface area contributed by atoms with E-state index in [1.165, 1.54) is 16.2 Å². The van der Waals surface area contributed by atoms with Gasteiger partial charge in [0.2, 0.25) is 0 Å². The van der Waals surface area contributed by atoms with Gasteiger partial charge in [0.05, 0.1) is 5.69 Å². The van der Waals surface area contributed by atoms with Crippen molar-refractivity contribution >= 4 is 22.9 Å². The standard InChI is InChI=1S/C14H20ClN3S/c1-3-4-5-13-17-12(14(15)18-13)9-16-8-11-7-6-10(2)19-11/h6-7,16H,3-5,8-9H2,1-2H3,(H,17,18). The Hall–Kier alpha value is -0.840. The number of hydrogen-bond acceptors (Lipinski definition) is 3. The molecule has 0 atom stereocenters. The average Bonchev–Trinajstić information content (AvgIpc) is 2.94. The molecule has 0 amide bonds. The van der Waals surface area contributed by atoms with Crippen LogP contribution in [0.4, 0.5) is 0 Å². The Balaban J connectivity index is 1.83. The molecule has 3 nitrogen and oxygen atoms in total. The highest BCUT2D eigenvalue weighted by molar-refractivity contribution is 7.11. The van der Waals surface area contributed by atoms with E-state index in [1.807, 2.05) is 11.3 Å². The SMILES string of the molecule is CCCCc1nc(Cl)c(CNCc2ccc(C)s2)[nH]1. The zero-order valence-corrected chi connectivity index (χ0v) is 13.0. The first kappa shape index (κ1) is 14.6. The molecular weight excluding hydrogens is 278 g/mol. The Morgan fingerprint density at radius 3 is 2.89 bits per heavy atom. The van der Waals surface area contributed by atoms with Gasteiger partial charge in [0.15, 0.2) is 5.15 Å². The van der Waals surface area contributed by atoms with Crippen molar-refractivity contribution in [1.82, 2.24) is 15.3 Å². The number of halogens is 1. The second-order valence-electron chi connectivity index (χ2n) is 4.67. The maximum atomic E-state index is 6.13. The summed E-state index contributed by atoms with van der Waals surface area (Å²) in [5.74, 6) is 0.996. The molecule has 0 unspecified atom stereocenters. The van der Waals surface area contributed by atoms with Gasteiger partial charge in [-0.2, -0.15) is 0 Å². The summed E-state index contributed by atoms with van der Waals surface area (Å²) in [5.41, 5.74) is 0.987. The maximum absolute atomic E-state index is 6.13. The summed E-state index contributed by atoms with van der Waals surface area (Å²) in [6.45, 7) is 5.91. The van der Waals surface area contributed by atoms with Gasteiger partial charge in [0, 0.05) is 29.3 Å². The Labute approximate surface area is 123 Å². The highest BCUT2D eigenvalue weighted by Crippen LogP contribution is 2.16. The molecule has 5 heteroatoms. The third-order valence-electron chi connectivity index (χ3n) is 2.94. The molecule has 0 aliphatic carbocycles. The minimum Gasteiger partial charge on any atom is -0.344 e. The first-order chi connectivity index (χ1) is 9.19. The summed E-state index contributed by atoms with van der Waals surface area (Å²) in [4.78, 5) is 10.3. The molecule has 2 aromatic heterocycles. The lowest BCUT2D eigenvalue weighted by atomic mass is 10.2. The van der Waals surface area contributed by atoms with Crippen LogP contribution in [-0.4, -0.2) is 9.97 Å². The number of H-pyrrole nitrogens is 1. The summed E-state index contributed by atoms with van der Waals surface area (Å²) in [6, 6.07) is 4.31. The minimum absolute atomic E-state index is 0.598. The first-order valence-corrected chi connectivity index (χ1v) is 7.87. The number of aryl methyl sites for hydroxylation is 2. The van der Waals surface area contributed by atoms with Crippen molar-refractivity contribution in [1.29, 1.82) is 0 Å². The number of imidazole rings is 1. The fourth-order valence-corrected chi connectivity index (χ4v) is 2.99. The number of thiophene rings is 1. The normalized spacial score (nSPS) is 11.1. The Morgan fingerprint density at radius 2 is 2.21 bits per heavy atom. The zero-order valence-electron chi connectivity index (χ0n) is 11.4. The summed E-state index contributed by atoms with van der Waals surface area (Å²) >= 11 is 7.95. The smallest absolute Gasteiger partial charge is 0.151 e. The fourth-order valence-electron chi connectivity index (χ4n) is 1.91. The molecule has 0 saturated heterocycles. The summed E-state index contributed by atoms with van der Waals surface area (Å²) in [5, 5.41) is 3.99. The summed E-state index contributed by atoms with van der Waals surface area (Å²) in [6.07, 6.45) is 3.29. The molecule has 19 heavy (non-hydrogen) atoms. The molecule has 0 bridgehead atoms. The lowest BCUT2D eigenvalue weighted by Crippen LogP contribution is -2.12. The Morgan fingerprint density at radius 1 is 1.37 bits per heavy atom. The van der Waals surface area contributed by atoms with E-state index in [1.54, 1.807) is 0 Å². The van der Waals surface area contributed by atoms with Crippen molar-refractivity contribution < 1.29 is 0 Å². The molecule has 2 N–H and O–H groups in total. The van der Waals surface area contributed by atoms with E-state index in [4.69, 9.17) is 11.6 Å². The van der Waals surface area contributed by atoms with Gasteiger partial charge in [-0.25, -0.2) is 4.98 Å². The molecule has 0 aliphatic heterocycles. The zero-order chi connectivity index (χ0) is 13.7. The lowest BCUT2D eigenvalue weighted by Gasteiger charge is -2.01. The molecule has 2 heterocycles. The molecule has 0 saturated carbocycles. The highest BCUT2D eigenvalue weighted by Gasteiger charge is 2.07. The van der Waals surface area contributed by atoms with E-state index in [0.717, 1.165) is 37.4 Å². The molecule has 0 aliphatic rings. The van der Waals surface area contributed by atoms with Gasteiger partial charge in [-0.1, -0.05) is 24.9 Å². The number of nitrogens with zero attached hydrogens (tertiary/aromatic N) is 1. The van der Waals surface area contributed by atoms with Gasteiger partial charge in [-0.15, -0.1) is 11.3 Å². The number of aromatic amines is 1. The van der Waals surface area contributed by atoms with Crippen molar-refractivity contribution in [3.05, 3.63) is 38.6 Å². The fraction of sp³-hybridized carbons (Fsp3) is 0.500. The van der Waals surface area contributed by atoms with Crippen LogP contribution in [0.1, 0.15) is 41.0 Å². The van der Waals surface area contributed by atoms with Gasteiger partial charge >= 0.3 is 0 Å². The van der Waals surface area contributed by atoms with E-state index in [0.29, 0.717) is 5.15 Å². The van der Waals surface area contributed by atoms with Gasteiger partial charge < -0.3 is 10.3 Å². The van der Waals surface area contributed by atoms with E-state index in [9.17, 15) is 0 Å². The highest BCUT2D eigenvalue weighted by atomic mass is 35.5. The van der Waals surface area contributed by atoms with Gasteiger partial charge in [0.25, 0.3) is 0 Å². The van der Waals surface area contributed by atoms with Crippen LogP contribution < -0.4 is 5.32 Å². The number of rotatable bonds is 7. The Kier molecular flexibility index (Phi) is 5.43. The molecule has 2 rings (SSSR count). The van der Waals surface area contributed by atoms with Crippen LogP contribution in [0.15, 0.2) is 12.1 Å². The predicted octanol–water partition coefficient (Wildman–Crippen LogP) is 4.07. The second kappa shape index (κ2) is 7.08. The number of nitrogens with one attached hydrogen (secondary N) is 2. The van der Waals surface area contributed by atoms with E-state index in [2.05, 4.69) is 41.3 Å². The van der Waals surface area contributed by atoms with Gasteiger partial charge in [-0.05, 0) is 25.5 Å². The van der Waals surface area contributed by atoms with Crippen LogP contribution in [0, 0.1) is 6.92 Å². The maximum Gasteiger partial charge on any atom is 0.151 e. The summed E-state index contributed by atoms with van der Waals surface area (Å²) in [7, 11) is 0. The lowest BCUT2D eigenvalue weighted by molar-refractivity contribution is 0.685.